The summed E-state index contributed by atoms with van der Waals surface area (Å²) in [6.45, 7) is 13.6. The predicted molar refractivity (Wildman–Crippen MR) is 120 cm³/mol. The smallest absolute Gasteiger partial charge is 0.177 e. The molecule has 0 bridgehead atoms. The molecular weight excluding hydrogens is 330 g/mol. The second-order valence-electron chi connectivity index (χ2n) is 5.67. The molecule has 140 valence electrons. The third kappa shape index (κ3) is 5.77. The molecule has 2 N–H and O–H groups in total. The van der Waals surface area contributed by atoms with Gasteiger partial charge in [-0.05, 0) is 34.9 Å². The first kappa shape index (κ1) is 22.1. The molecular formula is C25H29NO. The Morgan fingerprint density at radius 1 is 0.963 bits per heavy atom. The second kappa shape index (κ2) is 11.6. The Morgan fingerprint density at radius 2 is 1.56 bits per heavy atom. The molecule has 27 heavy (non-hydrogen) atoms. The summed E-state index contributed by atoms with van der Waals surface area (Å²) in [6, 6.07) is 20.0. The van der Waals surface area contributed by atoms with Crippen molar-refractivity contribution in [2.24, 2.45) is 5.73 Å². The van der Waals surface area contributed by atoms with Crippen LogP contribution in [0.5, 0.6) is 0 Å². The Morgan fingerprint density at radius 3 is 2.04 bits per heavy atom. The predicted octanol–water partition coefficient (Wildman–Crippen LogP) is 6.29. The first-order valence-corrected chi connectivity index (χ1v) is 9.18. The summed E-state index contributed by atoms with van der Waals surface area (Å²) in [5.41, 5.74) is 9.17. The maximum atomic E-state index is 12.1. The fourth-order valence-electron chi connectivity index (χ4n) is 2.71. The van der Waals surface area contributed by atoms with E-state index in [0.29, 0.717) is 5.56 Å². The number of ketones is 1. The summed E-state index contributed by atoms with van der Waals surface area (Å²) >= 11 is 0. The Balaban J connectivity index is 0.000000338. The first-order chi connectivity index (χ1) is 13.1. The molecule has 0 fully saturated rings. The number of rotatable bonds is 4. The van der Waals surface area contributed by atoms with Gasteiger partial charge in [0.15, 0.2) is 5.78 Å². The highest BCUT2D eigenvalue weighted by Gasteiger charge is 2.15. The molecule has 0 saturated heterocycles. The fraction of sp³-hybridized carbons (Fsp3) is 0.160. The minimum atomic E-state index is -0.0789. The zero-order chi connectivity index (χ0) is 20.2. The van der Waals surface area contributed by atoms with Crippen LogP contribution in [0.2, 0.25) is 0 Å². The summed E-state index contributed by atoms with van der Waals surface area (Å²) in [7, 11) is 0. The molecule has 0 heterocycles. The Labute approximate surface area is 163 Å². The van der Waals surface area contributed by atoms with Gasteiger partial charge in [-0.15, -0.1) is 0 Å². The normalized spacial score (nSPS) is 9.33. The van der Waals surface area contributed by atoms with Crippen molar-refractivity contribution in [2.75, 3.05) is 6.54 Å². The van der Waals surface area contributed by atoms with Crippen LogP contribution in [-0.4, -0.2) is 12.3 Å². The summed E-state index contributed by atoms with van der Waals surface area (Å²) in [5.74, 6) is -0.0789. The second-order valence-corrected chi connectivity index (χ2v) is 5.67. The molecule has 0 aliphatic rings. The average Bonchev–Trinajstić information content (AvgIpc) is 2.74. The SMILES string of the molecule is C=Cc1cc2ccccc2c(C(=O)CN)c1C=C.CC.Cc1ccccc1. The highest BCUT2D eigenvalue weighted by Crippen LogP contribution is 2.28. The molecule has 2 nitrogen and oxygen atoms in total. The van der Waals surface area contributed by atoms with Crippen LogP contribution in [0.25, 0.3) is 22.9 Å². The van der Waals surface area contributed by atoms with Crippen LogP contribution < -0.4 is 5.73 Å². The van der Waals surface area contributed by atoms with E-state index >= 15 is 0 Å². The Hall–Kier alpha value is -2.97. The molecule has 0 spiro atoms. The highest BCUT2D eigenvalue weighted by atomic mass is 16.1. The van der Waals surface area contributed by atoms with E-state index in [2.05, 4.69) is 32.2 Å². The molecule has 0 unspecified atom stereocenters. The van der Waals surface area contributed by atoms with Gasteiger partial charge in [0.1, 0.15) is 0 Å². The molecule has 3 aromatic carbocycles. The van der Waals surface area contributed by atoms with Crippen LogP contribution >= 0.6 is 0 Å². The lowest BCUT2D eigenvalue weighted by Crippen LogP contribution is -2.15. The van der Waals surface area contributed by atoms with Gasteiger partial charge < -0.3 is 5.73 Å². The van der Waals surface area contributed by atoms with E-state index in [0.717, 1.165) is 21.9 Å². The molecule has 0 aromatic heterocycles. The third-order valence-corrected chi connectivity index (χ3v) is 3.95. The molecule has 0 radical (unpaired) electrons. The van der Waals surface area contributed by atoms with E-state index < -0.39 is 0 Å². The van der Waals surface area contributed by atoms with Crippen molar-refractivity contribution in [2.45, 2.75) is 20.8 Å². The molecule has 3 aromatic rings. The van der Waals surface area contributed by atoms with Gasteiger partial charge >= 0.3 is 0 Å². The highest BCUT2D eigenvalue weighted by molar-refractivity contribution is 6.12. The van der Waals surface area contributed by atoms with E-state index in [9.17, 15) is 4.79 Å². The van der Waals surface area contributed by atoms with Crippen LogP contribution in [0.15, 0.2) is 73.8 Å². The van der Waals surface area contributed by atoms with E-state index in [1.807, 2.05) is 62.4 Å². The number of carbonyl (C=O) groups is 1. The summed E-state index contributed by atoms with van der Waals surface area (Å²) in [6.07, 6.45) is 3.42. The first-order valence-electron chi connectivity index (χ1n) is 9.18. The van der Waals surface area contributed by atoms with Gasteiger partial charge in [0, 0.05) is 5.56 Å². The van der Waals surface area contributed by atoms with Crippen LogP contribution in [-0.2, 0) is 0 Å². The summed E-state index contributed by atoms with van der Waals surface area (Å²) in [5, 5.41) is 1.92. The van der Waals surface area contributed by atoms with Gasteiger partial charge in [0.25, 0.3) is 0 Å². The minimum Gasteiger partial charge on any atom is -0.324 e. The number of carbonyl (C=O) groups excluding carboxylic acids is 1. The number of benzene rings is 3. The van der Waals surface area contributed by atoms with Crippen molar-refractivity contribution in [3.05, 3.63) is 96.1 Å². The lowest BCUT2D eigenvalue weighted by molar-refractivity contribution is 0.100. The lowest BCUT2D eigenvalue weighted by atomic mass is 9.91. The molecule has 0 saturated carbocycles. The van der Waals surface area contributed by atoms with Crippen molar-refractivity contribution < 1.29 is 4.79 Å². The van der Waals surface area contributed by atoms with Crippen molar-refractivity contribution in [3.63, 3.8) is 0 Å². The Bertz CT molecular complexity index is 895. The van der Waals surface area contributed by atoms with Gasteiger partial charge in [0.05, 0.1) is 6.54 Å². The third-order valence-electron chi connectivity index (χ3n) is 3.95. The number of hydrogen-bond donors (Lipinski definition) is 1. The lowest BCUT2D eigenvalue weighted by Gasteiger charge is -2.12. The van der Waals surface area contributed by atoms with Gasteiger partial charge in [-0.3, -0.25) is 4.79 Å². The molecule has 0 amide bonds. The average molecular weight is 360 g/mol. The number of Topliss-reactive ketones (excluding diaryl/α,β-unsaturated/α-hetero) is 1. The maximum absolute atomic E-state index is 12.1. The Kier molecular flexibility index (Phi) is 9.49. The van der Waals surface area contributed by atoms with E-state index in [1.54, 1.807) is 12.2 Å². The van der Waals surface area contributed by atoms with Crippen molar-refractivity contribution in [1.82, 2.24) is 0 Å². The number of nitrogens with two attached hydrogens (primary N) is 1. The molecule has 0 aliphatic carbocycles. The van der Waals surface area contributed by atoms with Crippen molar-refractivity contribution in [1.29, 1.82) is 0 Å². The zero-order valence-corrected chi connectivity index (χ0v) is 16.5. The van der Waals surface area contributed by atoms with E-state index in [1.165, 1.54) is 5.56 Å². The van der Waals surface area contributed by atoms with Crippen molar-refractivity contribution >= 4 is 28.7 Å². The van der Waals surface area contributed by atoms with Gasteiger partial charge in [-0.2, -0.15) is 0 Å². The number of hydrogen-bond acceptors (Lipinski definition) is 2. The topological polar surface area (TPSA) is 43.1 Å². The fourth-order valence-corrected chi connectivity index (χ4v) is 2.71. The summed E-state index contributed by atoms with van der Waals surface area (Å²) < 4.78 is 0. The molecule has 0 aliphatic heterocycles. The largest absolute Gasteiger partial charge is 0.324 e. The van der Waals surface area contributed by atoms with Crippen molar-refractivity contribution in [3.8, 4) is 0 Å². The quantitative estimate of drug-likeness (QED) is 0.556. The van der Waals surface area contributed by atoms with Crippen LogP contribution in [0, 0.1) is 6.92 Å². The molecule has 2 heteroatoms. The zero-order valence-electron chi connectivity index (χ0n) is 16.5. The van der Waals surface area contributed by atoms with E-state index in [4.69, 9.17) is 5.73 Å². The molecule has 3 rings (SSSR count). The van der Waals surface area contributed by atoms with Crippen LogP contribution in [0.1, 0.15) is 40.9 Å². The number of aryl methyl sites for hydroxylation is 1. The maximum Gasteiger partial charge on any atom is 0.177 e. The van der Waals surface area contributed by atoms with Crippen LogP contribution in [0.3, 0.4) is 0 Å². The van der Waals surface area contributed by atoms with Gasteiger partial charge in [0.2, 0.25) is 0 Å². The monoisotopic (exact) mass is 359 g/mol. The van der Waals surface area contributed by atoms with E-state index in [-0.39, 0.29) is 12.3 Å². The summed E-state index contributed by atoms with van der Waals surface area (Å²) in [4.78, 5) is 12.1. The van der Waals surface area contributed by atoms with Crippen LogP contribution in [0.4, 0.5) is 0 Å². The van der Waals surface area contributed by atoms with Gasteiger partial charge in [-0.25, -0.2) is 0 Å². The number of fused-ring (bicyclic) bond motifs is 1. The minimum absolute atomic E-state index is 0.00850. The van der Waals surface area contributed by atoms with Gasteiger partial charge in [-0.1, -0.05) is 99.3 Å². The standard InChI is InChI=1S/C16H15NO.C7H8.C2H6/c1-3-11-9-12-7-5-6-8-14(12)16(13(11)4-2)15(18)10-17;1-7-5-3-2-4-6-7;1-2/h3-9H,1-2,10,17H2;2-6H,1H3;1-2H3. The molecule has 0 atom stereocenters.